The Balaban J connectivity index is 2.59. The van der Waals surface area contributed by atoms with Crippen molar-refractivity contribution >= 4 is 24.3 Å². The fourth-order valence-corrected chi connectivity index (χ4v) is 1.54. The van der Waals surface area contributed by atoms with Crippen LogP contribution in [0.15, 0.2) is 23.4 Å². The second-order valence-electron chi connectivity index (χ2n) is 2.65. The summed E-state index contributed by atoms with van der Waals surface area (Å²) in [5.41, 5.74) is 0.431. The highest BCUT2D eigenvalue weighted by Crippen LogP contribution is 2.13. The van der Waals surface area contributed by atoms with Crippen LogP contribution in [0.25, 0.3) is 0 Å². The van der Waals surface area contributed by atoms with Crippen molar-refractivity contribution < 1.29 is 10.0 Å². The van der Waals surface area contributed by atoms with E-state index in [-0.39, 0.29) is 0 Å². The van der Waals surface area contributed by atoms with Crippen molar-refractivity contribution in [3.63, 3.8) is 0 Å². The SMILES string of the molecule is CCCSc1ccc(B(O)O)cn1. The van der Waals surface area contributed by atoms with Gasteiger partial charge in [-0.3, -0.25) is 4.98 Å². The normalized spacial score (nSPS) is 10.1. The zero-order valence-electron chi connectivity index (χ0n) is 7.47. The fraction of sp³-hybridized carbons (Fsp3) is 0.375. The van der Waals surface area contributed by atoms with Crippen LogP contribution in [0.1, 0.15) is 13.3 Å². The average Bonchev–Trinajstić information content (AvgIpc) is 2.15. The molecule has 1 aromatic heterocycles. The molecule has 0 aliphatic heterocycles. The molecule has 1 aromatic rings. The van der Waals surface area contributed by atoms with E-state index in [9.17, 15) is 0 Å². The quantitative estimate of drug-likeness (QED) is 0.537. The van der Waals surface area contributed by atoms with Gasteiger partial charge in [0.05, 0.1) is 5.03 Å². The van der Waals surface area contributed by atoms with E-state index < -0.39 is 7.12 Å². The largest absolute Gasteiger partial charge is 0.490 e. The second kappa shape index (κ2) is 5.27. The van der Waals surface area contributed by atoms with E-state index in [0.717, 1.165) is 17.2 Å². The zero-order chi connectivity index (χ0) is 9.68. The van der Waals surface area contributed by atoms with Gasteiger partial charge >= 0.3 is 7.12 Å². The molecule has 1 rings (SSSR count). The van der Waals surface area contributed by atoms with Gasteiger partial charge in [-0.25, -0.2) is 0 Å². The fourth-order valence-electron chi connectivity index (χ4n) is 0.836. The van der Waals surface area contributed by atoms with Gasteiger partial charge in [-0.15, -0.1) is 11.8 Å². The van der Waals surface area contributed by atoms with Gasteiger partial charge in [0.25, 0.3) is 0 Å². The van der Waals surface area contributed by atoms with E-state index in [0.29, 0.717) is 5.46 Å². The molecule has 5 heteroatoms. The van der Waals surface area contributed by atoms with Crippen molar-refractivity contribution in [2.24, 2.45) is 0 Å². The second-order valence-corrected chi connectivity index (χ2v) is 3.77. The summed E-state index contributed by atoms with van der Waals surface area (Å²) in [6, 6.07) is 3.48. The lowest BCUT2D eigenvalue weighted by atomic mass is 9.82. The van der Waals surface area contributed by atoms with Crippen LogP contribution < -0.4 is 5.46 Å². The maximum Gasteiger partial charge on any atom is 0.490 e. The molecule has 0 atom stereocenters. The molecule has 0 fully saturated rings. The number of nitrogens with zero attached hydrogens (tertiary/aromatic N) is 1. The van der Waals surface area contributed by atoms with Crippen LogP contribution in [0, 0.1) is 0 Å². The minimum atomic E-state index is -1.42. The van der Waals surface area contributed by atoms with Gasteiger partial charge < -0.3 is 10.0 Å². The van der Waals surface area contributed by atoms with Crippen molar-refractivity contribution in [1.29, 1.82) is 0 Å². The van der Waals surface area contributed by atoms with Gasteiger partial charge in [-0.05, 0) is 18.2 Å². The standard InChI is InChI=1S/C8H12BNO2S/c1-2-5-13-8-4-3-7(6-10-8)9(11)12/h3-4,6,11-12H,2,5H2,1H3. The molecule has 13 heavy (non-hydrogen) atoms. The summed E-state index contributed by atoms with van der Waals surface area (Å²) in [5, 5.41) is 18.5. The third-order valence-electron chi connectivity index (χ3n) is 1.51. The number of rotatable bonds is 4. The van der Waals surface area contributed by atoms with E-state index in [1.54, 1.807) is 23.9 Å². The summed E-state index contributed by atoms with van der Waals surface area (Å²) in [4.78, 5) is 4.08. The Morgan fingerprint density at radius 2 is 2.23 bits per heavy atom. The van der Waals surface area contributed by atoms with Crippen molar-refractivity contribution in [3.05, 3.63) is 18.3 Å². The van der Waals surface area contributed by atoms with Crippen molar-refractivity contribution in [3.8, 4) is 0 Å². The van der Waals surface area contributed by atoms with Gasteiger partial charge in [0.2, 0.25) is 0 Å². The summed E-state index contributed by atoms with van der Waals surface area (Å²) < 4.78 is 0. The molecule has 0 spiro atoms. The van der Waals surface area contributed by atoms with Crippen LogP contribution in [0.5, 0.6) is 0 Å². The van der Waals surface area contributed by atoms with E-state index in [4.69, 9.17) is 10.0 Å². The lowest BCUT2D eigenvalue weighted by Crippen LogP contribution is -2.29. The molecule has 0 saturated carbocycles. The Morgan fingerprint density at radius 1 is 1.46 bits per heavy atom. The number of thioether (sulfide) groups is 1. The molecular formula is C8H12BNO2S. The molecule has 0 aliphatic rings. The number of pyridine rings is 1. The van der Waals surface area contributed by atoms with Gasteiger partial charge in [0.1, 0.15) is 0 Å². The summed E-state index contributed by atoms with van der Waals surface area (Å²) in [7, 11) is -1.42. The molecule has 0 saturated heterocycles. The van der Waals surface area contributed by atoms with E-state index in [1.165, 1.54) is 6.20 Å². The first-order chi connectivity index (χ1) is 6.24. The van der Waals surface area contributed by atoms with Crippen LogP contribution >= 0.6 is 11.8 Å². The van der Waals surface area contributed by atoms with Gasteiger partial charge in [-0.2, -0.15) is 0 Å². The third-order valence-corrected chi connectivity index (χ3v) is 2.66. The Kier molecular flexibility index (Phi) is 4.28. The van der Waals surface area contributed by atoms with E-state index in [2.05, 4.69) is 11.9 Å². The molecule has 0 radical (unpaired) electrons. The minimum Gasteiger partial charge on any atom is -0.423 e. The molecule has 0 amide bonds. The Morgan fingerprint density at radius 3 is 2.69 bits per heavy atom. The topological polar surface area (TPSA) is 53.4 Å². The predicted octanol–water partition coefficient (Wildman–Crippen LogP) is 0.263. The maximum absolute atomic E-state index is 8.80. The van der Waals surface area contributed by atoms with Crippen molar-refractivity contribution in [2.45, 2.75) is 18.4 Å². The molecule has 0 aromatic carbocycles. The van der Waals surface area contributed by atoms with E-state index in [1.807, 2.05) is 0 Å². The molecule has 0 aliphatic carbocycles. The molecule has 0 unspecified atom stereocenters. The van der Waals surface area contributed by atoms with Gasteiger partial charge in [0, 0.05) is 11.7 Å². The van der Waals surface area contributed by atoms with Crippen LogP contribution in [-0.4, -0.2) is 27.9 Å². The van der Waals surface area contributed by atoms with Crippen molar-refractivity contribution in [2.75, 3.05) is 5.75 Å². The monoisotopic (exact) mass is 197 g/mol. The summed E-state index contributed by atoms with van der Waals surface area (Å²) >= 11 is 1.67. The number of hydrogen-bond donors (Lipinski definition) is 2. The van der Waals surface area contributed by atoms with Crippen LogP contribution in [0.2, 0.25) is 0 Å². The Labute approximate surface area is 82.4 Å². The highest BCUT2D eigenvalue weighted by molar-refractivity contribution is 7.99. The minimum absolute atomic E-state index is 0.431. The summed E-state index contributed by atoms with van der Waals surface area (Å²) in [6.45, 7) is 2.11. The molecule has 0 bridgehead atoms. The first-order valence-corrected chi connectivity index (χ1v) is 5.17. The van der Waals surface area contributed by atoms with Crippen LogP contribution in [-0.2, 0) is 0 Å². The van der Waals surface area contributed by atoms with Crippen LogP contribution in [0.3, 0.4) is 0 Å². The Hall–Kier alpha value is -0.515. The molecular weight excluding hydrogens is 185 g/mol. The molecule has 2 N–H and O–H groups in total. The van der Waals surface area contributed by atoms with Gasteiger partial charge in [-0.1, -0.05) is 13.0 Å². The third kappa shape index (κ3) is 3.38. The lowest BCUT2D eigenvalue weighted by Gasteiger charge is -2.00. The van der Waals surface area contributed by atoms with Crippen molar-refractivity contribution in [1.82, 2.24) is 4.98 Å². The maximum atomic E-state index is 8.80. The molecule has 1 heterocycles. The average molecular weight is 197 g/mol. The first kappa shape index (κ1) is 10.6. The number of hydrogen-bond acceptors (Lipinski definition) is 4. The Bertz CT molecular complexity index is 253. The number of aromatic nitrogens is 1. The lowest BCUT2D eigenvalue weighted by molar-refractivity contribution is 0.425. The molecule has 70 valence electrons. The first-order valence-electron chi connectivity index (χ1n) is 4.19. The predicted molar refractivity (Wildman–Crippen MR) is 55.1 cm³/mol. The van der Waals surface area contributed by atoms with Gasteiger partial charge in [0.15, 0.2) is 0 Å². The van der Waals surface area contributed by atoms with Crippen LogP contribution in [0.4, 0.5) is 0 Å². The highest BCUT2D eigenvalue weighted by atomic mass is 32.2. The zero-order valence-corrected chi connectivity index (χ0v) is 8.29. The summed E-state index contributed by atoms with van der Waals surface area (Å²) in [6.07, 6.45) is 2.60. The van der Waals surface area contributed by atoms with E-state index >= 15 is 0 Å². The summed E-state index contributed by atoms with van der Waals surface area (Å²) in [5.74, 6) is 1.04. The smallest absolute Gasteiger partial charge is 0.423 e. The molecule has 3 nitrogen and oxygen atoms in total. The highest BCUT2D eigenvalue weighted by Gasteiger charge is 2.10.